The third-order valence-electron chi connectivity index (χ3n) is 1.07. The smallest absolute Gasteiger partial charge is 0.113 e. The van der Waals surface area contributed by atoms with Gasteiger partial charge in [0.2, 0.25) is 0 Å². The van der Waals surface area contributed by atoms with Gasteiger partial charge in [0.1, 0.15) is 6.11 Å². The zero-order chi connectivity index (χ0) is 7.28. The Morgan fingerprint density at radius 1 is 1.67 bits per heavy atom. The van der Waals surface area contributed by atoms with Gasteiger partial charge in [-0.1, -0.05) is 18.5 Å². The van der Waals surface area contributed by atoms with Crippen molar-refractivity contribution in [1.29, 1.82) is 0 Å². The minimum absolute atomic E-state index is 0.444. The van der Waals surface area contributed by atoms with Crippen molar-refractivity contribution in [3.8, 4) is 12.0 Å². The Balaban J connectivity index is 4.22. The summed E-state index contributed by atoms with van der Waals surface area (Å²) in [5.41, 5.74) is 0.998. The molecule has 0 aliphatic heterocycles. The van der Waals surface area contributed by atoms with Crippen molar-refractivity contribution in [2.45, 2.75) is 20.3 Å². The van der Waals surface area contributed by atoms with Crippen LogP contribution in [0.1, 0.15) is 20.3 Å². The van der Waals surface area contributed by atoms with E-state index < -0.39 is 0 Å². The predicted molar refractivity (Wildman–Crippen MR) is 38.6 cm³/mol. The summed E-state index contributed by atoms with van der Waals surface area (Å²) in [7, 11) is 0. The highest BCUT2D eigenvalue weighted by Gasteiger charge is 1.90. The van der Waals surface area contributed by atoms with Crippen LogP contribution < -0.4 is 0 Å². The molecule has 2 heteroatoms. The molecule has 0 heterocycles. The van der Waals surface area contributed by atoms with Crippen LogP contribution in [0.15, 0.2) is 10.6 Å². The van der Waals surface area contributed by atoms with Crippen molar-refractivity contribution in [2.24, 2.45) is 0 Å². The van der Waals surface area contributed by atoms with Crippen LogP contribution in [0.4, 0.5) is 0 Å². The maximum Gasteiger partial charge on any atom is 0.113 e. The molecule has 0 aromatic heterocycles. The van der Waals surface area contributed by atoms with Gasteiger partial charge in [0.15, 0.2) is 0 Å². The fourth-order valence-electron chi connectivity index (χ4n) is 0.311. The number of hydrogen-bond acceptors (Lipinski definition) is 1. The lowest BCUT2D eigenvalue weighted by Gasteiger charge is -1.91. The molecular weight excluding hydrogens is 136 g/mol. The van der Waals surface area contributed by atoms with E-state index in [0.717, 1.165) is 12.0 Å². The fraction of sp³-hybridized carbons (Fsp3) is 0.429. The van der Waals surface area contributed by atoms with Gasteiger partial charge < -0.3 is 5.11 Å². The third-order valence-corrected chi connectivity index (χ3v) is 1.49. The van der Waals surface area contributed by atoms with Gasteiger partial charge in [-0.3, -0.25) is 0 Å². The molecule has 0 rings (SSSR count). The second-order valence-electron chi connectivity index (χ2n) is 1.68. The van der Waals surface area contributed by atoms with E-state index in [9.17, 15) is 0 Å². The Bertz CT molecular complexity index is 171. The second kappa shape index (κ2) is 4.29. The SMILES string of the molecule is CCC(C)=C(Cl)C#CO. The van der Waals surface area contributed by atoms with E-state index in [1.165, 1.54) is 0 Å². The Morgan fingerprint density at radius 2 is 2.22 bits per heavy atom. The molecule has 0 atom stereocenters. The molecule has 0 amide bonds. The first-order chi connectivity index (χ1) is 4.22. The quantitative estimate of drug-likeness (QED) is 0.560. The van der Waals surface area contributed by atoms with Crippen molar-refractivity contribution in [3.05, 3.63) is 10.6 Å². The molecule has 0 aromatic rings. The van der Waals surface area contributed by atoms with Crippen LogP contribution in [0.2, 0.25) is 0 Å². The lowest BCUT2D eigenvalue weighted by Crippen LogP contribution is -1.74. The monoisotopic (exact) mass is 144 g/mol. The molecule has 0 bridgehead atoms. The van der Waals surface area contributed by atoms with Gasteiger partial charge in [-0.15, -0.1) is 0 Å². The number of halogens is 1. The molecule has 9 heavy (non-hydrogen) atoms. The van der Waals surface area contributed by atoms with Gasteiger partial charge in [-0.25, -0.2) is 0 Å². The summed E-state index contributed by atoms with van der Waals surface area (Å²) in [6.07, 6.45) is 2.61. The average molecular weight is 145 g/mol. The van der Waals surface area contributed by atoms with Crippen LogP contribution in [-0.2, 0) is 0 Å². The summed E-state index contributed by atoms with van der Waals surface area (Å²) >= 11 is 5.58. The number of allylic oxidation sites excluding steroid dienone is 2. The summed E-state index contributed by atoms with van der Waals surface area (Å²) in [6, 6.07) is 0. The molecule has 0 fully saturated rings. The van der Waals surface area contributed by atoms with Crippen LogP contribution in [0.25, 0.3) is 0 Å². The number of aliphatic hydroxyl groups is 1. The van der Waals surface area contributed by atoms with Gasteiger partial charge in [0.05, 0.1) is 5.03 Å². The van der Waals surface area contributed by atoms with Crippen LogP contribution in [0.5, 0.6) is 0 Å². The minimum atomic E-state index is 0.444. The van der Waals surface area contributed by atoms with Crippen molar-refractivity contribution >= 4 is 11.6 Å². The number of rotatable bonds is 1. The molecule has 0 aromatic carbocycles. The van der Waals surface area contributed by atoms with Crippen LogP contribution in [-0.4, -0.2) is 5.11 Å². The molecule has 0 radical (unpaired) electrons. The third kappa shape index (κ3) is 3.05. The first-order valence-corrected chi connectivity index (χ1v) is 3.10. The topological polar surface area (TPSA) is 20.2 Å². The number of hydrogen-bond donors (Lipinski definition) is 1. The maximum atomic E-state index is 8.10. The highest BCUT2D eigenvalue weighted by atomic mass is 35.5. The highest BCUT2D eigenvalue weighted by molar-refractivity contribution is 6.32. The lowest BCUT2D eigenvalue weighted by molar-refractivity contribution is 0.517. The lowest BCUT2D eigenvalue weighted by atomic mass is 10.2. The molecule has 1 nitrogen and oxygen atoms in total. The Kier molecular flexibility index (Phi) is 4.00. The summed E-state index contributed by atoms with van der Waals surface area (Å²) in [4.78, 5) is 0. The van der Waals surface area contributed by atoms with Crippen LogP contribution in [0.3, 0.4) is 0 Å². The first kappa shape index (κ1) is 8.39. The zero-order valence-electron chi connectivity index (χ0n) is 5.53. The van der Waals surface area contributed by atoms with Crippen LogP contribution >= 0.6 is 11.6 Å². The normalized spacial score (nSPS) is 11.4. The van der Waals surface area contributed by atoms with Crippen molar-refractivity contribution in [2.75, 3.05) is 0 Å². The summed E-state index contributed by atoms with van der Waals surface area (Å²) in [6.45, 7) is 3.86. The number of aliphatic hydroxyl groups excluding tert-OH is 1. The predicted octanol–water partition coefficient (Wildman–Crippen LogP) is 2.24. The average Bonchev–Trinajstić information content (AvgIpc) is 1.87. The minimum Gasteiger partial charge on any atom is -0.462 e. The Labute approximate surface area is 60.3 Å². The van der Waals surface area contributed by atoms with Gasteiger partial charge in [0, 0.05) is 0 Å². The van der Waals surface area contributed by atoms with E-state index in [-0.39, 0.29) is 0 Å². The largest absolute Gasteiger partial charge is 0.462 e. The molecule has 0 aliphatic rings. The molecule has 0 unspecified atom stereocenters. The summed E-state index contributed by atoms with van der Waals surface area (Å²) in [5.74, 6) is 2.35. The zero-order valence-corrected chi connectivity index (χ0v) is 6.29. The summed E-state index contributed by atoms with van der Waals surface area (Å²) < 4.78 is 0. The van der Waals surface area contributed by atoms with E-state index in [2.05, 4.69) is 5.92 Å². The first-order valence-electron chi connectivity index (χ1n) is 2.72. The van der Waals surface area contributed by atoms with Crippen molar-refractivity contribution < 1.29 is 5.11 Å². The molecular formula is C7H9ClO. The molecule has 0 saturated heterocycles. The highest BCUT2D eigenvalue weighted by Crippen LogP contribution is 2.09. The molecule has 0 spiro atoms. The standard InChI is InChI=1S/C7H9ClO/c1-3-6(2)7(8)4-5-9/h9H,3H2,1-2H3. The van der Waals surface area contributed by atoms with Gasteiger partial charge in [-0.05, 0) is 24.8 Å². The van der Waals surface area contributed by atoms with Gasteiger partial charge in [-0.2, -0.15) is 0 Å². The Hall–Kier alpha value is -0.610. The van der Waals surface area contributed by atoms with E-state index >= 15 is 0 Å². The van der Waals surface area contributed by atoms with E-state index in [0.29, 0.717) is 5.03 Å². The van der Waals surface area contributed by atoms with E-state index in [4.69, 9.17) is 16.7 Å². The van der Waals surface area contributed by atoms with Crippen LogP contribution in [0, 0.1) is 12.0 Å². The molecule has 0 saturated carbocycles. The van der Waals surface area contributed by atoms with Gasteiger partial charge >= 0.3 is 0 Å². The molecule has 0 aliphatic carbocycles. The van der Waals surface area contributed by atoms with Gasteiger partial charge in [0.25, 0.3) is 0 Å². The molecule has 50 valence electrons. The second-order valence-corrected chi connectivity index (χ2v) is 2.06. The molecule has 1 N–H and O–H groups in total. The summed E-state index contributed by atoms with van der Waals surface area (Å²) in [5, 5.41) is 8.55. The Morgan fingerprint density at radius 3 is 2.56 bits per heavy atom. The van der Waals surface area contributed by atoms with Crippen molar-refractivity contribution in [1.82, 2.24) is 0 Å². The van der Waals surface area contributed by atoms with E-state index in [1.807, 2.05) is 13.8 Å². The fourth-order valence-corrected chi connectivity index (χ4v) is 0.487. The van der Waals surface area contributed by atoms with E-state index in [1.54, 1.807) is 6.11 Å². The maximum absolute atomic E-state index is 8.10. The van der Waals surface area contributed by atoms with Crippen molar-refractivity contribution in [3.63, 3.8) is 0 Å².